The Hall–Kier alpha value is -0.700. The van der Waals surface area contributed by atoms with Gasteiger partial charge >= 0.3 is 0 Å². The lowest BCUT2D eigenvalue weighted by Gasteiger charge is -1.97. The molecule has 1 aromatic rings. The van der Waals surface area contributed by atoms with E-state index in [1.54, 1.807) is 0 Å². The third-order valence-electron chi connectivity index (χ3n) is 1.21. The molecule has 0 unspecified atom stereocenters. The van der Waals surface area contributed by atoms with Crippen molar-refractivity contribution in [2.24, 2.45) is 0 Å². The first-order valence-corrected chi connectivity index (χ1v) is 3.65. The maximum Gasteiger partial charge on any atom is 0.162 e. The lowest BCUT2D eigenvalue weighted by Crippen LogP contribution is -1.81. The second kappa shape index (κ2) is 3.46. The topological polar surface area (TPSA) is 12.0 Å². The van der Waals surface area contributed by atoms with Crippen LogP contribution >= 0.6 is 12.3 Å². The summed E-state index contributed by atoms with van der Waals surface area (Å²) in [6, 6.07) is 7.53. The minimum Gasteiger partial charge on any atom is -0.302 e. The van der Waals surface area contributed by atoms with Gasteiger partial charge in [-0.05, 0) is 19.1 Å². The van der Waals surface area contributed by atoms with Crippen molar-refractivity contribution < 1.29 is 3.89 Å². The number of hydrogen-bond donors (Lipinski definition) is 1. The highest BCUT2D eigenvalue weighted by atomic mass is 32.2. The summed E-state index contributed by atoms with van der Waals surface area (Å²) in [6.07, 6.45) is 0. The Morgan fingerprint density at radius 3 is 2.40 bits per heavy atom. The average molecular weight is 157 g/mol. The highest BCUT2D eigenvalue weighted by Crippen LogP contribution is 2.13. The molecule has 0 aliphatic heterocycles. The number of rotatable bonds is 2. The first-order valence-electron chi connectivity index (χ1n) is 2.93. The standard InChI is InChI=1S/C7H8FNS/c1-6-2-4-7(5-3-6)9-10-8/h2-5,9H,1H3. The van der Waals surface area contributed by atoms with Gasteiger partial charge in [-0.25, -0.2) is 0 Å². The molecule has 0 radical (unpaired) electrons. The van der Waals surface area contributed by atoms with Crippen LogP contribution in [0.25, 0.3) is 0 Å². The largest absolute Gasteiger partial charge is 0.302 e. The summed E-state index contributed by atoms with van der Waals surface area (Å²) in [5, 5.41) is 0. The van der Waals surface area contributed by atoms with E-state index in [1.807, 2.05) is 31.2 Å². The maximum absolute atomic E-state index is 11.6. The van der Waals surface area contributed by atoms with Crippen LogP contribution in [-0.2, 0) is 0 Å². The van der Waals surface area contributed by atoms with Gasteiger partial charge in [-0.3, -0.25) is 0 Å². The number of anilines is 1. The monoisotopic (exact) mass is 157 g/mol. The van der Waals surface area contributed by atoms with E-state index in [0.29, 0.717) is 0 Å². The van der Waals surface area contributed by atoms with Gasteiger partial charge in [0.25, 0.3) is 0 Å². The van der Waals surface area contributed by atoms with Gasteiger partial charge in [0.1, 0.15) is 0 Å². The van der Waals surface area contributed by atoms with E-state index in [2.05, 4.69) is 4.72 Å². The third-order valence-corrected chi connectivity index (χ3v) is 1.52. The highest BCUT2D eigenvalue weighted by molar-refractivity contribution is 7.95. The van der Waals surface area contributed by atoms with Crippen LogP contribution in [0.1, 0.15) is 5.56 Å². The Morgan fingerprint density at radius 1 is 1.30 bits per heavy atom. The molecule has 3 heteroatoms. The van der Waals surface area contributed by atoms with E-state index >= 15 is 0 Å². The molecular formula is C7H8FNS. The first kappa shape index (κ1) is 7.41. The highest BCUT2D eigenvalue weighted by Gasteiger charge is 1.88. The van der Waals surface area contributed by atoms with E-state index in [9.17, 15) is 3.89 Å². The van der Waals surface area contributed by atoms with Crippen LogP contribution in [-0.4, -0.2) is 0 Å². The summed E-state index contributed by atoms with van der Waals surface area (Å²) in [6.45, 7) is 1.99. The van der Waals surface area contributed by atoms with Crippen molar-refractivity contribution in [2.45, 2.75) is 6.92 Å². The fourth-order valence-electron chi connectivity index (χ4n) is 0.666. The molecule has 0 amide bonds. The van der Waals surface area contributed by atoms with Crippen molar-refractivity contribution >= 4 is 18.0 Å². The SMILES string of the molecule is Cc1ccc(NSF)cc1. The zero-order valence-electron chi connectivity index (χ0n) is 5.60. The number of benzene rings is 1. The predicted octanol–water partition coefficient (Wildman–Crippen LogP) is 2.94. The van der Waals surface area contributed by atoms with Gasteiger partial charge in [-0.2, -0.15) is 0 Å². The molecule has 0 spiro atoms. The van der Waals surface area contributed by atoms with Crippen molar-refractivity contribution in [2.75, 3.05) is 4.72 Å². The van der Waals surface area contributed by atoms with Crippen LogP contribution in [0.15, 0.2) is 24.3 Å². The number of aryl methyl sites for hydroxylation is 1. The Balaban J connectivity index is 2.69. The summed E-state index contributed by atoms with van der Waals surface area (Å²) in [7, 11) is 0. The second-order valence-electron chi connectivity index (χ2n) is 2.05. The number of halogens is 1. The van der Waals surface area contributed by atoms with Gasteiger partial charge in [0, 0.05) is 5.69 Å². The maximum atomic E-state index is 11.6. The zero-order chi connectivity index (χ0) is 7.40. The predicted molar refractivity (Wildman–Crippen MR) is 43.5 cm³/mol. The zero-order valence-corrected chi connectivity index (χ0v) is 6.41. The molecule has 1 rings (SSSR count). The molecule has 0 atom stereocenters. The third kappa shape index (κ3) is 1.92. The first-order chi connectivity index (χ1) is 4.83. The lowest BCUT2D eigenvalue weighted by molar-refractivity contribution is 0.943. The smallest absolute Gasteiger partial charge is 0.162 e. The summed E-state index contributed by atoms with van der Waals surface area (Å²) >= 11 is 0.111. The van der Waals surface area contributed by atoms with Crippen molar-refractivity contribution in [3.05, 3.63) is 29.8 Å². The summed E-state index contributed by atoms with van der Waals surface area (Å²) in [5.74, 6) is 0. The molecule has 0 aliphatic rings. The fourth-order valence-corrected chi connectivity index (χ4v) is 0.891. The van der Waals surface area contributed by atoms with Crippen LogP contribution in [0.4, 0.5) is 9.57 Å². The van der Waals surface area contributed by atoms with Crippen LogP contribution in [0, 0.1) is 6.92 Å². The number of hydrogen-bond acceptors (Lipinski definition) is 2. The molecule has 54 valence electrons. The van der Waals surface area contributed by atoms with Gasteiger partial charge in [0.15, 0.2) is 12.3 Å². The van der Waals surface area contributed by atoms with Crippen LogP contribution in [0.5, 0.6) is 0 Å². The normalized spacial score (nSPS) is 9.40. The molecule has 0 fully saturated rings. The molecule has 0 aliphatic carbocycles. The fraction of sp³-hybridized carbons (Fsp3) is 0.143. The van der Waals surface area contributed by atoms with Gasteiger partial charge in [0.05, 0.1) is 0 Å². The van der Waals surface area contributed by atoms with Crippen molar-refractivity contribution in [1.82, 2.24) is 0 Å². The molecule has 1 nitrogen and oxygen atoms in total. The Labute approximate surface area is 64.1 Å². The molecule has 0 heterocycles. The van der Waals surface area contributed by atoms with Crippen molar-refractivity contribution in [1.29, 1.82) is 0 Å². The minimum atomic E-state index is 0.111. The van der Waals surface area contributed by atoms with Gasteiger partial charge in [0.2, 0.25) is 0 Å². The lowest BCUT2D eigenvalue weighted by atomic mass is 10.2. The van der Waals surface area contributed by atoms with E-state index in [1.165, 1.54) is 5.56 Å². The molecule has 1 N–H and O–H groups in total. The van der Waals surface area contributed by atoms with Gasteiger partial charge in [-0.1, -0.05) is 17.7 Å². The van der Waals surface area contributed by atoms with Crippen LogP contribution in [0.2, 0.25) is 0 Å². The van der Waals surface area contributed by atoms with Gasteiger partial charge < -0.3 is 4.72 Å². The quantitative estimate of drug-likeness (QED) is 0.662. The average Bonchev–Trinajstić information content (AvgIpc) is 1.95. The Morgan fingerprint density at radius 2 is 1.90 bits per heavy atom. The molecule has 0 bridgehead atoms. The molecule has 0 aromatic heterocycles. The molecular weight excluding hydrogens is 149 g/mol. The summed E-state index contributed by atoms with van der Waals surface area (Å²) < 4.78 is 14.1. The summed E-state index contributed by atoms with van der Waals surface area (Å²) in [4.78, 5) is 0. The van der Waals surface area contributed by atoms with E-state index in [4.69, 9.17) is 0 Å². The molecule has 10 heavy (non-hydrogen) atoms. The Bertz CT molecular complexity index is 197. The van der Waals surface area contributed by atoms with E-state index in [-0.39, 0.29) is 12.3 Å². The Kier molecular flexibility index (Phi) is 2.57. The minimum absolute atomic E-state index is 0.111. The van der Waals surface area contributed by atoms with Crippen molar-refractivity contribution in [3.8, 4) is 0 Å². The number of nitrogens with one attached hydrogen (secondary N) is 1. The van der Waals surface area contributed by atoms with Gasteiger partial charge in [-0.15, -0.1) is 3.89 Å². The van der Waals surface area contributed by atoms with Crippen LogP contribution < -0.4 is 4.72 Å². The summed E-state index contributed by atoms with van der Waals surface area (Å²) in [5.41, 5.74) is 1.97. The molecule has 1 aromatic carbocycles. The van der Waals surface area contributed by atoms with Crippen LogP contribution in [0.3, 0.4) is 0 Å². The van der Waals surface area contributed by atoms with Crippen molar-refractivity contribution in [3.63, 3.8) is 0 Å². The van der Waals surface area contributed by atoms with E-state index in [0.717, 1.165) is 5.69 Å². The molecule has 0 saturated carbocycles. The second-order valence-corrected chi connectivity index (χ2v) is 2.40. The molecule has 0 saturated heterocycles. The van der Waals surface area contributed by atoms with E-state index < -0.39 is 0 Å².